The van der Waals surface area contributed by atoms with Gasteiger partial charge in [-0.25, -0.2) is 18.9 Å². The molecule has 1 N–H and O–H groups in total. The number of halogens is 1. The molecule has 0 aliphatic carbocycles. The highest BCUT2D eigenvalue weighted by Crippen LogP contribution is 2.28. The predicted molar refractivity (Wildman–Crippen MR) is 117 cm³/mol. The van der Waals surface area contributed by atoms with Gasteiger partial charge in [0.2, 0.25) is 5.91 Å². The molecule has 0 unspecified atom stereocenters. The van der Waals surface area contributed by atoms with Crippen LogP contribution >= 0.6 is 23.4 Å². The Morgan fingerprint density at radius 2 is 2.03 bits per heavy atom. The number of aryl methyl sites for hydroxylation is 2. The standard InChI is InChI=1S/C21H18ClN5O2S/c1-13-4-3-5-16(10-13)30-20-19-25-27(21(29)26(19)9-8-23-20)12-18(28)24-17-11-15(22)7-6-14(17)2/h3-11H,12H2,1-2H3,(H,24,28). The fourth-order valence-corrected chi connectivity index (χ4v) is 4.08. The monoisotopic (exact) mass is 439 g/mol. The molecule has 4 aromatic rings. The van der Waals surface area contributed by atoms with E-state index in [1.807, 2.05) is 44.2 Å². The third kappa shape index (κ3) is 4.24. The van der Waals surface area contributed by atoms with E-state index in [9.17, 15) is 9.59 Å². The molecule has 30 heavy (non-hydrogen) atoms. The van der Waals surface area contributed by atoms with Gasteiger partial charge in [-0.2, -0.15) is 0 Å². The second kappa shape index (κ2) is 8.33. The molecule has 7 nitrogen and oxygen atoms in total. The summed E-state index contributed by atoms with van der Waals surface area (Å²) < 4.78 is 2.52. The van der Waals surface area contributed by atoms with Crippen molar-refractivity contribution in [1.29, 1.82) is 0 Å². The molecular weight excluding hydrogens is 422 g/mol. The van der Waals surface area contributed by atoms with Crippen LogP contribution in [0.25, 0.3) is 5.65 Å². The molecule has 0 aliphatic heterocycles. The van der Waals surface area contributed by atoms with Gasteiger partial charge in [0.05, 0.1) is 0 Å². The maximum absolute atomic E-state index is 12.7. The Bertz CT molecular complexity index is 1310. The van der Waals surface area contributed by atoms with Crippen LogP contribution in [0.2, 0.25) is 5.02 Å². The van der Waals surface area contributed by atoms with Gasteiger partial charge in [0.15, 0.2) is 5.65 Å². The fourth-order valence-electron chi connectivity index (χ4n) is 2.95. The first kappa shape index (κ1) is 20.2. The molecule has 152 valence electrons. The summed E-state index contributed by atoms with van der Waals surface area (Å²) in [6, 6.07) is 13.2. The van der Waals surface area contributed by atoms with Crippen molar-refractivity contribution < 1.29 is 4.79 Å². The number of amides is 1. The van der Waals surface area contributed by atoms with Crippen molar-refractivity contribution >= 4 is 40.6 Å². The Hall–Kier alpha value is -3.10. The van der Waals surface area contributed by atoms with Gasteiger partial charge in [0, 0.05) is 28.0 Å². The molecule has 2 aromatic carbocycles. The fraction of sp³-hybridized carbons (Fsp3) is 0.143. The van der Waals surface area contributed by atoms with Crippen LogP contribution in [0, 0.1) is 13.8 Å². The zero-order valence-corrected chi connectivity index (χ0v) is 17.9. The third-order valence-corrected chi connectivity index (χ3v) is 5.65. The number of carbonyl (C=O) groups excluding carboxylic acids is 1. The number of hydrogen-bond donors (Lipinski definition) is 1. The van der Waals surface area contributed by atoms with Gasteiger partial charge < -0.3 is 5.32 Å². The molecule has 2 heterocycles. The van der Waals surface area contributed by atoms with E-state index in [2.05, 4.69) is 15.4 Å². The van der Waals surface area contributed by atoms with Gasteiger partial charge in [0.1, 0.15) is 11.6 Å². The minimum absolute atomic E-state index is 0.221. The highest BCUT2D eigenvalue weighted by molar-refractivity contribution is 7.99. The van der Waals surface area contributed by atoms with E-state index in [1.54, 1.807) is 24.5 Å². The molecule has 0 saturated heterocycles. The molecule has 0 saturated carbocycles. The molecule has 9 heteroatoms. The van der Waals surface area contributed by atoms with Crippen LogP contribution in [0.1, 0.15) is 11.1 Å². The van der Waals surface area contributed by atoms with Gasteiger partial charge in [0.25, 0.3) is 0 Å². The average molecular weight is 440 g/mol. The van der Waals surface area contributed by atoms with Crippen LogP contribution in [0.3, 0.4) is 0 Å². The summed E-state index contributed by atoms with van der Waals surface area (Å²) >= 11 is 7.42. The van der Waals surface area contributed by atoms with Crippen molar-refractivity contribution in [3.63, 3.8) is 0 Å². The van der Waals surface area contributed by atoms with Crippen LogP contribution in [-0.4, -0.2) is 25.1 Å². The summed E-state index contributed by atoms with van der Waals surface area (Å²) in [5.41, 5.74) is 2.60. The van der Waals surface area contributed by atoms with E-state index in [0.717, 1.165) is 20.7 Å². The molecule has 2 aromatic heterocycles. The van der Waals surface area contributed by atoms with Gasteiger partial charge in [-0.1, -0.05) is 47.1 Å². The number of hydrogen-bond acceptors (Lipinski definition) is 5. The summed E-state index contributed by atoms with van der Waals surface area (Å²) in [6.07, 6.45) is 3.09. The van der Waals surface area contributed by atoms with Crippen molar-refractivity contribution in [1.82, 2.24) is 19.2 Å². The first-order valence-electron chi connectivity index (χ1n) is 9.15. The quantitative estimate of drug-likeness (QED) is 0.509. The lowest BCUT2D eigenvalue weighted by molar-refractivity contribution is -0.117. The Morgan fingerprint density at radius 3 is 2.83 bits per heavy atom. The molecular formula is C21H18ClN5O2S. The van der Waals surface area contributed by atoms with Crippen LogP contribution in [0.4, 0.5) is 5.69 Å². The van der Waals surface area contributed by atoms with Crippen LogP contribution in [0.5, 0.6) is 0 Å². The number of nitrogens with zero attached hydrogens (tertiary/aromatic N) is 4. The molecule has 4 rings (SSSR count). The smallest absolute Gasteiger partial charge is 0.324 e. The SMILES string of the molecule is Cc1cccc(Sc2nccn3c(=O)n(CC(=O)Nc4cc(Cl)ccc4C)nc23)c1. The van der Waals surface area contributed by atoms with Crippen LogP contribution < -0.4 is 11.0 Å². The largest absolute Gasteiger partial charge is 0.350 e. The van der Waals surface area contributed by atoms with Crippen molar-refractivity contribution in [2.45, 2.75) is 30.3 Å². The van der Waals surface area contributed by atoms with Crippen molar-refractivity contribution in [3.05, 3.63) is 81.5 Å². The number of anilines is 1. The molecule has 0 bridgehead atoms. The van der Waals surface area contributed by atoms with Crippen LogP contribution in [-0.2, 0) is 11.3 Å². The molecule has 0 spiro atoms. The van der Waals surface area contributed by atoms with E-state index < -0.39 is 5.69 Å². The first-order valence-corrected chi connectivity index (χ1v) is 10.3. The van der Waals surface area contributed by atoms with E-state index >= 15 is 0 Å². The van der Waals surface area contributed by atoms with Gasteiger partial charge in [-0.3, -0.25) is 4.79 Å². The summed E-state index contributed by atoms with van der Waals surface area (Å²) in [4.78, 5) is 30.6. The maximum Gasteiger partial charge on any atom is 0.350 e. The lowest BCUT2D eigenvalue weighted by Crippen LogP contribution is -2.28. The second-order valence-corrected chi connectivity index (χ2v) is 8.29. The molecule has 0 aliphatic rings. The van der Waals surface area contributed by atoms with Crippen molar-refractivity contribution in [2.75, 3.05) is 5.32 Å². The minimum atomic E-state index is -0.406. The Kier molecular flexibility index (Phi) is 5.61. The first-order chi connectivity index (χ1) is 14.4. The van der Waals surface area contributed by atoms with Crippen LogP contribution in [0.15, 0.2) is 69.6 Å². The number of carbonyl (C=O) groups is 1. The molecule has 0 fully saturated rings. The zero-order valence-electron chi connectivity index (χ0n) is 16.3. The molecule has 0 atom stereocenters. The van der Waals surface area contributed by atoms with Crippen molar-refractivity contribution in [2.24, 2.45) is 0 Å². The summed E-state index contributed by atoms with van der Waals surface area (Å²) in [5.74, 6) is -0.369. The van der Waals surface area contributed by atoms with E-state index in [1.165, 1.54) is 16.2 Å². The summed E-state index contributed by atoms with van der Waals surface area (Å²) in [7, 11) is 0. The van der Waals surface area contributed by atoms with Gasteiger partial charge >= 0.3 is 5.69 Å². The Balaban J connectivity index is 1.61. The average Bonchev–Trinajstić information content (AvgIpc) is 3.01. The van der Waals surface area contributed by atoms with Gasteiger partial charge in [-0.05, 0) is 43.7 Å². The molecule has 0 radical (unpaired) electrons. The highest BCUT2D eigenvalue weighted by atomic mass is 35.5. The summed E-state index contributed by atoms with van der Waals surface area (Å²) in [5, 5.41) is 8.23. The van der Waals surface area contributed by atoms with Gasteiger partial charge in [-0.15, -0.1) is 5.10 Å². The third-order valence-electron chi connectivity index (χ3n) is 4.44. The number of rotatable bonds is 5. The van der Waals surface area contributed by atoms with E-state index in [4.69, 9.17) is 11.6 Å². The highest BCUT2D eigenvalue weighted by Gasteiger charge is 2.15. The number of nitrogens with one attached hydrogen (secondary N) is 1. The second-order valence-electron chi connectivity index (χ2n) is 6.79. The number of benzene rings is 2. The normalized spacial score (nSPS) is 11.0. The Morgan fingerprint density at radius 1 is 1.20 bits per heavy atom. The van der Waals surface area contributed by atoms with E-state index in [-0.39, 0.29) is 12.5 Å². The van der Waals surface area contributed by atoms with Crippen molar-refractivity contribution in [3.8, 4) is 0 Å². The topological polar surface area (TPSA) is 81.3 Å². The maximum atomic E-state index is 12.7. The number of fused-ring (bicyclic) bond motifs is 1. The van der Waals surface area contributed by atoms with E-state index in [0.29, 0.717) is 21.4 Å². The lowest BCUT2D eigenvalue weighted by Gasteiger charge is -2.08. The summed E-state index contributed by atoms with van der Waals surface area (Å²) in [6.45, 7) is 3.65. The Labute approximate surface area is 181 Å². The lowest BCUT2D eigenvalue weighted by atomic mass is 10.2. The zero-order chi connectivity index (χ0) is 21.3. The minimum Gasteiger partial charge on any atom is -0.324 e. The molecule has 1 amide bonds. The number of aromatic nitrogens is 4. The predicted octanol–water partition coefficient (Wildman–Crippen LogP) is 3.95.